The molecule has 2 N–H and O–H groups in total. The predicted octanol–water partition coefficient (Wildman–Crippen LogP) is 0.692. The number of nitrogens with one attached hydrogen (secondary N) is 1. The van der Waals surface area contributed by atoms with Crippen LogP contribution in [0.4, 0.5) is 0 Å². The summed E-state index contributed by atoms with van der Waals surface area (Å²) in [5, 5.41) is 11.8. The Hall–Kier alpha value is -0.0200. The first-order valence-corrected chi connectivity index (χ1v) is 5.25. The second kappa shape index (κ2) is 5.61. The van der Waals surface area contributed by atoms with Crippen molar-refractivity contribution in [3.63, 3.8) is 0 Å². The highest BCUT2D eigenvalue weighted by atomic mass is 31.1. The molecule has 0 fully saturated rings. The second-order valence-electron chi connectivity index (χ2n) is 2.26. The molecule has 0 amide bonds. The van der Waals surface area contributed by atoms with Gasteiger partial charge in [0.15, 0.2) is 13.0 Å². The number of aliphatic hydroxyl groups is 1. The van der Waals surface area contributed by atoms with Gasteiger partial charge in [0, 0.05) is 6.61 Å². The van der Waals surface area contributed by atoms with Crippen LogP contribution < -0.4 is 5.09 Å². The van der Waals surface area contributed by atoms with Crippen molar-refractivity contribution in [1.29, 1.82) is 0 Å². The minimum Gasteiger partial charge on any atom is -0.366 e. The lowest BCUT2D eigenvalue weighted by molar-refractivity contribution is -0.108. The Labute approximate surface area is 67.8 Å². The molecule has 0 aromatic rings. The standard InChI is InChI=1S/C6H15NO3P/c1-4-10-6(8)5(2)7-11(3)9/h5-6,8H,4H2,1-3H3,(H,7,9)/q+1. The first kappa shape index (κ1) is 11.0. The van der Waals surface area contributed by atoms with Gasteiger partial charge in [0.2, 0.25) is 0 Å². The lowest BCUT2D eigenvalue weighted by Gasteiger charge is -2.14. The molecular weight excluding hydrogens is 165 g/mol. The molecule has 0 aliphatic rings. The summed E-state index contributed by atoms with van der Waals surface area (Å²) in [5.41, 5.74) is 0. The minimum absolute atomic E-state index is 0.288. The quantitative estimate of drug-likeness (QED) is 0.482. The van der Waals surface area contributed by atoms with Crippen LogP contribution in [0, 0.1) is 0 Å². The number of hydrogen-bond acceptors (Lipinski definition) is 3. The predicted molar refractivity (Wildman–Crippen MR) is 43.8 cm³/mol. The molecule has 11 heavy (non-hydrogen) atoms. The number of aliphatic hydroxyl groups excluding tert-OH is 1. The Bertz CT molecular complexity index is 131. The van der Waals surface area contributed by atoms with Crippen LogP contribution in [0.3, 0.4) is 0 Å². The molecule has 3 atom stereocenters. The van der Waals surface area contributed by atoms with E-state index in [9.17, 15) is 4.57 Å². The van der Waals surface area contributed by atoms with E-state index in [-0.39, 0.29) is 6.04 Å². The first-order chi connectivity index (χ1) is 5.07. The summed E-state index contributed by atoms with van der Waals surface area (Å²) in [6.45, 7) is 5.51. The lowest BCUT2D eigenvalue weighted by Crippen LogP contribution is -2.35. The van der Waals surface area contributed by atoms with Gasteiger partial charge in [0.25, 0.3) is 0 Å². The summed E-state index contributed by atoms with van der Waals surface area (Å²) in [6, 6.07) is -0.288. The topological polar surface area (TPSA) is 58.6 Å². The molecule has 0 aliphatic heterocycles. The fourth-order valence-electron chi connectivity index (χ4n) is 0.666. The van der Waals surface area contributed by atoms with Crippen molar-refractivity contribution < 1.29 is 14.4 Å². The van der Waals surface area contributed by atoms with Crippen molar-refractivity contribution in [2.75, 3.05) is 13.3 Å². The summed E-state index contributed by atoms with van der Waals surface area (Å²) in [7, 11) is -1.42. The van der Waals surface area contributed by atoms with Gasteiger partial charge < -0.3 is 9.84 Å². The number of ether oxygens (including phenoxy) is 1. The summed E-state index contributed by atoms with van der Waals surface area (Å²) in [5.74, 6) is 0. The Balaban J connectivity index is 3.63. The van der Waals surface area contributed by atoms with E-state index in [0.717, 1.165) is 0 Å². The van der Waals surface area contributed by atoms with Crippen molar-refractivity contribution >= 4 is 7.95 Å². The third kappa shape index (κ3) is 5.27. The van der Waals surface area contributed by atoms with Crippen LogP contribution in [-0.4, -0.2) is 30.7 Å². The number of rotatable bonds is 5. The monoisotopic (exact) mass is 180 g/mol. The van der Waals surface area contributed by atoms with Crippen LogP contribution in [0.15, 0.2) is 0 Å². The van der Waals surface area contributed by atoms with Crippen LogP contribution in [0.2, 0.25) is 0 Å². The highest BCUT2D eigenvalue weighted by molar-refractivity contribution is 7.41. The molecule has 66 valence electrons. The van der Waals surface area contributed by atoms with Gasteiger partial charge >= 0.3 is 7.95 Å². The normalized spacial score (nSPS) is 17.6. The Morgan fingerprint density at radius 3 is 2.64 bits per heavy atom. The fourth-order valence-corrected chi connectivity index (χ4v) is 1.37. The van der Waals surface area contributed by atoms with Crippen molar-refractivity contribution in [3.8, 4) is 0 Å². The average molecular weight is 180 g/mol. The van der Waals surface area contributed by atoms with Crippen LogP contribution in [0.1, 0.15) is 13.8 Å². The molecular formula is C6H15NO3P+. The summed E-state index contributed by atoms with van der Waals surface area (Å²) in [4.78, 5) is 0. The van der Waals surface area contributed by atoms with Crippen molar-refractivity contribution in [3.05, 3.63) is 0 Å². The summed E-state index contributed by atoms with van der Waals surface area (Å²) in [6.07, 6.45) is -0.876. The molecule has 5 heteroatoms. The minimum atomic E-state index is -1.42. The molecule has 0 saturated heterocycles. The highest BCUT2D eigenvalue weighted by Gasteiger charge is 2.20. The van der Waals surface area contributed by atoms with Gasteiger partial charge in [0.1, 0.15) is 0 Å². The lowest BCUT2D eigenvalue weighted by atomic mass is 10.3. The zero-order valence-electron chi connectivity index (χ0n) is 7.07. The zero-order chi connectivity index (χ0) is 8.85. The molecule has 0 saturated carbocycles. The molecule has 0 aromatic heterocycles. The van der Waals surface area contributed by atoms with E-state index >= 15 is 0 Å². The van der Waals surface area contributed by atoms with Crippen LogP contribution in [0.25, 0.3) is 0 Å². The molecule has 0 rings (SSSR count). The largest absolute Gasteiger partial charge is 0.429 e. The van der Waals surface area contributed by atoms with E-state index in [1.165, 1.54) is 0 Å². The molecule has 0 spiro atoms. The molecule has 0 bridgehead atoms. The maximum Gasteiger partial charge on any atom is 0.429 e. The third-order valence-corrected chi connectivity index (χ3v) is 1.92. The van der Waals surface area contributed by atoms with Crippen molar-refractivity contribution in [2.24, 2.45) is 0 Å². The number of hydrogen-bond donors (Lipinski definition) is 2. The van der Waals surface area contributed by atoms with Crippen LogP contribution in [-0.2, 0) is 9.30 Å². The van der Waals surface area contributed by atoms with Gasteiger partial charge in [-0.1, -0.05) is 4.57 Å². The first-order valence-electron chi connectivity index (χ1n) is 3.54. The molecule has 0 heterocycles. The molecule has 0 aliphatic carbocycles. The van der Waals surface area contributed by atoms with Gasteiger partial charge in [-0.15, -0.1) is 5.09 Å². The van der Waals surface area contributed by atoms with Gasteiger partial charge in [-0.25, -0.2) is 0 Å². The molecule has 4 nitrogen and oxygen atoms in total. The Kier molecular flexibility index (Phi) is 5.60. The Morgan fingerprint density at radius 1 is 1.73 bits per heavy atom. The highest BCUT2D eigenvalue weighted by Crippen LogP contribution is 2.09. The van der Waals surface area contributed by atoms with E-state index in [1.807, 2.05) is 0 Å². The van der Waals surface area contributed by atoms with Gasteiger partial charge in [-0.2, -0.15) is 0 Å². The van der Waals surface area contributed by atoms with Gasteiger partial charge in [0.05, 0.1) is 6.04 Å². The molecule has 0 aromatic carbocycles. The summed E-state index contributed by atoms with van der Waals surface area (Å²) >= 11 is 0. The van der Waals surface area contributed by atoms with E-state index in [2.05, 4.69) is 5.09 Å². The summed E-state index contributed by atoms with van der Waals surface area (Å²) < 4.78 is 15.5. The van der Waals surface area contributed by atoms with E-state index < -0.39 is 14.2 Å². The maximum atomic E-state index is 10.6. The van der Waals surface area contributed by atoms with Crippen molar-refractivity contribution in [2.45, 2.75) is 26.2 Å². The molecule has 3 unspecified atom stereocenters. The van der Waals surface area contributed by atoms with Gasteiger partial charge in [-0.3, -0.25) is 0 Å². The van der Waals surface area contributed by atoms with E-state index in [0.29, 0.717) is 6.61 Å². The van der Waals surface area contributed by atoms with Crippen LogP contribution in [0.5, 0.6) is 0 Å². The van der Waals surface area contributed by atoms with E-state index in [1.54, 1.807) is 20.5 Å². The van der Waals surface area contributed by atoms with E-state index in [4.69, 9.17) is 9.84 Å². The maximum absolute atomic E-state index is 10.6. The van der Waals surface area contributed by atoms with Crippen LogP contribution >= 0.6 is 7.95 Å². The SMILES string of the molecule is CCOC(O)C(C)N[P+](C)=O. The van der Waals surface area contributed by atoms with Crippen molar-refractivity contribution in [1.82, 2.24) is 5.09 Å². The zero-order valence-corrected chi connectivity index (χ0v) is 7.97. The molecule has 0 radical (unpaired) electrons. The average Bonchev–Trinajstić information content (AvgIpc) is 1.86. The van der Waals surface area contributed by atoms with Gasteiger partial charge in [-0.05, 0) is 13.8 Å². The Morgan fingerprint density at radius 2 is 2.27 bits per heavy atom. The second-order valence-corrected chi connectivity index (χ2v) is 3.51. The smallest absolute Gasteiger partial charge is 0.366 e. The third-order valence-electron chi connectivity index (χ3n) is 1.15. The fraction of sp³-hybridized carbons (Fsp3) is 1.00.